The Morgan fingerprint density at radius 2 is 1.83 bits per heavy atom. The van der Waals surface area contributed by atoms with E-state index >= 15 is 0 Å². The predicted molar refractivity (Wildman–Crippen MR) is 90.0 cm³/mol. The minimum absolute atomic E-state index is 0.0145. The van der Waals surface area contributed by atoms with E-state index in [0.29, 0.717) is 42.0 Å². The number of halogens is 2. The average Bonchev–Trinajstić information content (AvgIpc) is 2.51. The molecule has 0 unspecified atom stereocenters. The summed E-state index contributed by atoms with van der Waals surface area (Å²) in [7, 11) is 1.71. The SMILES string of the molecule is CN(CC(=O)Nc1c(Cl)cccc1Cl)CC(=O)N1CCOCC1. The highest BCUT2D eigenvalue weighted by molar-refractivity contribution is 6.39. The van der Waals surface area contributed by atoms with Crippen LogP contribution in [0, 0.1) is 0 Å². The zero-order chi connectivity index (χ0) is 16.8. The summed E-state index contributed by atoms with van der Waals surface area (Å²) in [5.74, 6) is -0.295. The number of hydrogen-bond donors (Lipinski definition) is 1. The zero-order valence-electron chi connectivity index (χ0n) is 12.8. The molecule has 0 aromatic heterocycles. The molecule has 1 aromatic rings. The van der Waals surface area contributed by atoms with Crippen molar-refractivity contribution in [2.24, 2.45) is 0 Å². The van der Waals surface area contributed by atoms with E-state index in [-0.39, 0.29) is 24.9 Å². The molecule has 23 heavy (non-hydrogen) atoms. The molecule has 2 rings (SSSR count). The van der Waals surface area contributed by atoms with Crippen LogP contribution < -0.4 is 5.32 Å². The van der Waals surface area contributed by atoms with E-state index in [0.717, 1.165) is 0 Å². The molecule has 2 amide bonds. The number of ether oxygens (including phenoxy) is 1. The molecule has 6 nitrogen and oxygen atoms in total. The first-order valence-electron chi connectivity index (χ1n) is 7.25. The molecule has 1 fully saturated rings. The van der Waals surface area contributed by atoms with Crippen molar-refractivity contribution in [2.45, 2.75) is 0 Å². The Hall–Kier alpha value is -1.34. The van der Waals surface area contributed by atoms with Gasteiger partial charge in [-0.25, -0.2) is 0 Å². The molecule has 1 heterocycles. The summed E-state index contributed by atoms with van der Waals surface area (Å²) in [6.45, 7) is 2.53. The Labute approximate surface area is 145 Å². The quantitative estimate of drug-likeness (QED) is 0.869. The lowest BCUT2D eigenvalue weighted by atomic mass is 10.3. The largest absolute Gasteiger partial charge is 0.378 e. The van der Waals surface area contributed by atoms with Crippen LogP contribution in [0.15, 0.2) is 18.2 Å². The molecule has 1 aromatic carbocycles. The molecule has 126 valence electrons. The van der Waals surface area contributed by atoms with Crippen LogP contribution in [-0.4, -0.2) is 68.1 Å². The molecule has 1 saturated heterocycles. The van der Waals surface area contributed by atoms with E-state index in [1.807, 2.05) is 0 Å². The van der Waals surface area contributed by atoms with Crippen LogP contribution in [-0.2, 0) is 14.3 Å². The molecule has 0 radical (unpaired) electrons. The summed E-state index contributed by atoms with van der Waals surface area (Å²) in [5, 5.41) is 3.42. The lowest BCUT2D eigenvalue weighted by molar-refractivity contribution is -0.136. The lowest BCUT2D eigenvalue weighted by Gasteiger charge is -2.28. The molecule has 0 bridgehead atoms. The molecule has 0 spiro atoms. The number of nitrogens with zero attached hydrogens (tertiary/aromatic N) is 2. The van der Waals surface area contributed by atoms with Gasteiger partial charge in [-0.2, -0.15) is 0 Å². The zero-order valence-corrected chi connectivity index (χ0v) is 14.4. The number of likely N-dealkylation sites (N-methyl/N-ethyl adjacent to an activating group) is 1. The molecule has 1 N–H and O–H groups in total. The predicted octanol–water partition coefficient (Wildman–Crippen LogP) is 1.72. The van der Waals surface area contributed by atoms with Gasteiger partial charge in [-0.1, -0.05) is 29.3 Å². The lowest BCUT2D eigenvalue weighted by Crippen LogP contribution is -2.46. The van der Waals surface area contributed by atoms with Crippen molar-refractivity contribution in [1.82, 2.24) is 9.80 Å². The maximum absolute atomic E-state index is 12.1. The molecule has 0 aliphatic carbocycles. The number of hydrogen-bond acceptors (Lipinski definition) is 4. The van der Waals surface area contributed by atoms with Gasteiger partial charge < -0.3 is 15.0 Å². The number of amides is 2. The van der Waals surface area contributed by atoms with Crippen molar-refractivity contribution < 1.29 is 14.3 Å². The number of nitrogens with one attached hydrogen (secondary N) is 1. The van der Waals surface area contributed by atoms with Crippen molar-refractivity contribution >= 4 is 40.7 Å². The smallest absolute Gasteiger partial charge is 0.238 e. The van der Waals surface area contributed by atoms with Gasteiger partial charge in [-0.05, 0) is 19.2 Å². The van der Waals surface area contributed by atoms with Crippen molar-refractivity contribution in [3.8, 4) is 0 Å². The second kappa shape index (κ2) is 8.49. The van der Waals surface area contributed by atoms with Gasteiger partial charge in [-0.3, -0.25) is 14.5 Å². The van der Waals surface area contributed by atoms with Gasteiger partial charge in [-0.15, -0.1) is 0 Å². The monoisotopic (exact) mass is 359 g/mol. The first kappa shape index (κ1) is 18.0. The van der Waals surface area contributed by atoms with Crippen LogP contribution in [0.1, 0.15) is 0 Å². The number of morpholine rings is 1. The third-order valence-corrected chi connectivity index (χ3v) is 4.04. The van der Waals surface area contributed by atoms with Crippen molar-refractivity contribution in [2.75, 3.05) is 51.8 Å². The van der Waals surface area contributed by atoms with Crippen molar-refractivity contribution in [3.05, 3.63) is 28.2 Å². The number of carbonyl (C=O) groups is 2. The third kappa shape index (κ3) is 5.35. The fourth-order valence-electron chi connectivity index (χ4n) is 2.24. The molecule has 1 aliphatic heterocycles. The highest BCUT2D eigenvalue weighted by Gasteiger charge is 2.19. The summed E-state index contributed by atoms with van der Waals surface area (Å²) in [6, 6.07) is 5.00. The molecular formula is C15H19Cl2N3O3. The van der Waals surface area contributed by atoms with E-state index in [1.165, 1.54) is 0 Å². The van der Waals surface area contributed by atoms with Gasteiger partial charge in [0.1, 0.15) is 0 Å². The minimum Gasteiger partial charge on any atom is -0.378 e. The van der Waals surface area contributed by atoms with Crippen LogP contribution >= 0.6 is 23.2 Å². The molecule has 0 saturated carbocycles. The number of para-hydroxylation sites is 1. The highest BCUT2D eigenvalue weighted by atomic mass is 35.5. The Morgan fingerprint density at radius 1 is 1.22 bits per heavy atom. The normalized spacial score (nSPS) is 14.9. The number of carbonyl (C=O) groups excluding carboxylic acids is 2. The van der Waals surface area contributed by atoms with Crippen LogP contribution in [0.3, 0.4) is 0 Å². The molecule has 0 atom stereocenters. The van der Waals surface area contributed by atoms with Gasteiger partial charge in [0.15, 0.2) is 0 Å². The second-order valence-corrected chi connectivity index (χ2v) is 6.12. The van der Waals surface area contributed by atoms with Crippen LogP contribution in [0.4, 0.5) is 5.69 Å². The van der Waals surface area contributed by atoms with Crippen LogP contribution in [0.5, 0.6) is 0 Å². The maximum Gasteiger partial charge on any atom is 0.238 e. The average molecular weight is 360 g/mol. The van der Waals surface area contributed by atoms with E-state index in [4.69, 9.17) is 27.9 Å². The Morgan fingerprint density at radius 3 is 2.43 bits per heavy atom. The Kier molecular flexibility index (Phi) is 6.65. The standard InChI is InChI=1S/C15H19Cl2N3O3/c1-19(10-14(22)20-5-7-23-8-6-20)9-13(21)18-15-11(16)3-2-4-12(15)17/h2-4H,5-10H2,1H3,(H,18,21). The molecule has 1 aliphatic rings. The summed E-state index contributed by atoms with van der Waals surface area (Å²) in [4.78, 5) is 27.6. The summed E-state index contributed by atoms with van der Waals surface area (Å²) < 4.78 is 5.21. The van der Waals surface area contributed by atoms with Crippen LogP contribution in [0.2, 0.25) is 10.0 Å². The topological polar surface area (TPSA) is 61.9 Å². The van der Waals surface area contributed by atoms with Gasteiger partial charge in [0.05, 0.1) is 42.0 Å². The second-order valence-electron chi connectivity index (χ2n) is 5.31. The third-order valence-electron chi connectivity index (χ3n) is 3.41. The summed E-state index contributed by atoms with van der Waals surface area (Å²) in [5.41, 5.74) is 0.383. The van der Waals surface area contributed by atoms with E-state index < -0.39 is 0 Å². The summed E-state index contributed by atoms with van der Waals surface area (Å²) in [6.07, 6.45) is 0. The summed E-state index contributed by atoms with van der Waals surface area (Å²) >= 11 is 12.0. The van der Waals surface area contributed by atoms with Gasteiger partial charge >= 0.3 is 0 Å². The van der Waals surface area contributed by atoms with Crippen LogP contribution in [0.25, 0.3) is 0 Å². The van der Waals surface area contributed by atoms with Gasteiger partial charge in [0.25, 0.3) is 0 Å². The number of rotatable bonds is 5. The first-order chi connectivity index (χ1) is 11.0. The van der Waals surface area contributed by atoms with Crippen molar-refractivity contribution in [3.63, 3.8) is 0 Å². The highest BCUT2D eigenvalue weighted by Crippen LogP contribution is 2.29. The number of benzene rings is 1. The molecular weight excluding hydrogens is 341 g/mol. The maximum atomic E-state index is 12.1. The fraction of sp³-hybridized carbons (Fsp3) is 0.467. The molecule has 8 heteroatoms. The number of anilines is 1. The Balaban J connectivity index is 1.83. The fourth-order valence-corrected chi connectivity index (χ4v) is 2.73. The van der Waals surface area contributed by atoms with Gasteiger partial charge in [0.2, 0.25) is 11.8 Å². The van der Waals surface area contributed by atoms with Crippen molar-refractivity contribution in [1.29, 1.82) is 0 Å². The van der Waals surface area contributed by atoms with E-state index in [2.05, 4.69) is 5.32 Å². The van der Waals surface area contributed by atoms with E-state index in [1.54, 1.807) is 35.0 Å². The minimum atomic E-state index is -0.280. The first-order valence-corrected chi connectivity index (χ1v) is 8.01. The Bertz CT molecular complexity index is 557. The van der Waals surface area contributed by atoms with Gasteiger partial charge in [0, 0.05) is 13.1 Å². The van der Waals surface area contributed by atoms with E-state index in [9.17, 15) is 9.59 Å².